The summed E-state index contributed by atoms with van der Waals surface area (Å²) in [5, 5.41) is 8.60. The van der Waals surface area contributed by atoms with Crippen molar-refractivity contribution in [3.63, 3.8) is 0 Å². The zero-order valence-corrected chi connectivity index (χ0v) is 6.84. The van der Waals surface area contributed by atoms with Gasteiger partial charge in [0, 0.05) is 18.3 Å². The highest BCUT2D eigenvalue weighted by Crippen LogP contribution is 2.28. The van der Waals surface area contributed by atoms with Gasteiger partial charge in [0.15, 0.2) is 5.82 Å². The number of nitrogens with zero attached hydrogens (tertiary/aromatic N) is 2. The Balaban J connectivity index is 2.12. The van der Waals surface area contributed by atoms with Crippen molar-refractivity contribution < 1.29 is 9.90 Å². The predicted molar refractivity (Wildman–Crippen MR) is 47.1 cm³/mol. The number of carboxylic acid groups (broad SMARTS) is 1. The Hall–Kier alpha value is -1.71. The highest BCUT2D eigenvalue weighted by atomic mass is 16.4. The average Bonchev–Trinajstić information content (AvgIpc) is 2.86. The van der Waals surface area contributed by atoms with Crippen LogP contribution in [0, 0.1) is 5.92 Å². The maximum absolute atomic E-state index is 10.5. The molecule has 0 saturated heterocycles. The first kappa shape index (κ1) is 7.91. The number of hydrogen-bond donors (Lipinski definition) is 1. The van der Waals surface area contributed by atoms with E-state index in [2.05, 4.69) is 9.98 Å². The highest BCUT2D eigenvalue weighted by Gasteiger charge is 2.38. The van der Waals surface area contributed by atoms with Crippen molar-refractivity contribution in [1.82, 2.24) is 4.98 Å². The molecule has 66 valence electrons. The van der Waals surface area contributed by atoms with Crippen LogP contribution in [0.2, 0.25) is 0 Å². The lowest BCUT2D eigenvalue weighted by Crippen LogP contribution is -1.98. The summed E-state index contributed by atoms with van der Waals surface area (Å²) in [5.41, 5.74) is 0.714. The fourth-order valence-corrected chi connectivity index (χ4v) is 1.07. The smallest absolute Gasteiger partial charge is 0.312 e. The van der Waals surface area contributed by atoms with E-state index in [9.17, 15) is 4.79 Å². The number of aliphatic imine (C=N–C) groups is 1. The molecule has 0 amide bonds. The lowest BCUT2D eigenvalue weighted by atomic mass is 10.4. The molecule has 1 N–H and O–H groups in total. The van der Waals surface area contributed by atoms with Crippen molar-refractivity contribution in [2.45, 2.75) is 6.42 Å². The van der Waals surface area contributed by atoms with Gasteiger partial charge in [-0.2, -0.15) is 0 Å². The van der Waals surface area contributed by atoms with Crippen LogP contribution in [0.5, 0.6) is 0 Å². The van der Waals surface area contributed by atoms with Crippen LogP contribution < -0.4 is 0 Å². The second-order valence-corrected chi connectivity index (χ2v) is 2.89. The first-order chi connectivity index (χ1) is 6.27. The largest absolute Gasteiger partial charge is 0.481 e. The molecule has 0 bridgehead atoms. The molecule has 0 radical (unpaired) electrons. The molecule has 1 aliphatic carbocycles. The van der Waals surface area contributed by atoms with E-state index in [1.807, 2.05) is 6.07 Å². The topological polar surface area (TPSA) is 62.5 Å². The van der Waals surface area contributed by atoms with Gasteiger partial charge in [0.2, 0.25) is 0 Å². The summed E-state index contributed by atoms with van der Waals surface area (Å²) >= 11 is 0. The van der Waals surface area contributed by atoms with E-state index in [0.29, 0.717) is 18.0 Å². The Morgan fingerprint density at radius 3 is 3.00 bits per heavy atom. The maximum Gasteiger partial charge on any atom is 0.312 e. The van der Waals surface area contributed by atoms with Gasteiger partial charge in [-0.05, 0) is 12.1 Å². The third-order valence-electron chi connectivity index (χ3n) is 1.86. The van der Waals surface area contributed by atoms with Crippen molar-refractivity contribution in [3.05, 3.63) is 24.4 Å². The predicted octanol–water partition coefficient (Wildman–Crippen LogP) is 1.26. The van der Waals surface area contributed by atoms with Crippen LogP contribution >= 0.6 is 0 Å². The van der Waals surface area contributed by atoms with Crippen molar-refractivity contribution in [2.24, 2.45) is 10.9 Å². The summed E-state index contributed by atoms with van der Waals surface area (Å²) in [6.45, 7) is 0. The molecule has 1 aromatic rings. The molecular formula is C9H8N2O2. The van der Waals surface area contributed by atoms with Crippen LogP contribution in [-0.4, -0.2) is 21.8 Å². The number of hydrogen-bond acceptors (Lipinski definition) is 3. The maximum atomic E-state index is 10.5. The number of rotatable bonds is 2. The van der Waals surface area contributed by atoms with Gasteiger partial charge >= 0.3 is 5.97 Å². The van der Waals surface area contributed by atoms with Crippen molar-refractivity contribution in [2.75, 3.05) is 0 Å². The van der Waals surface area contributed by atoms with E-state index in [0.717, 1.165) is 0 Å². The Bertz CT molecular complexity index is 359. The van der Waals surface area contributed by atoms with Gasteiger partial charge in [-0.25, -0.2) is 9.98 Å². The van der Waals surface area contributed by atoms with Crippen molar-refractivity contribution in [3.8, 4) is 0 Å². The molecule has 1 fully saturated rings. The number of aromatic nitrogens is 1. The van der Waals surface area contributed by atoms with Gasteiger partial charge < -0.3 is 5.11 Å². The molecular weight excluding hydrogens is 168 g/mol. The molecule has 1 saturated carbocycles. The van der Waals surface area contributed by atoms with Crippen LogP contribution in [0.15, 0.2) is 29.4 Å². The summed E-state index contributed by atoms with van der Waals surface area (Å²) in [6, 6.07) is 5.38. The quantitative estimate of drug-likeness (QED) is 0.737. The first-order valence-electron chi connectivity index (χ1n) is 3.98. The van der Waals surface area contributed by atoms with E-state index in [1.165, 1.54) is 0 Å². The summed E-state index contributed by atoms with van der Waals surface area (Å²) < 4.78 is 0. The third-order valence-corrected chi connectivity index (χ3v) is 1.86. The molecule has 1 aromatic heterocycles. The Kier molecular flexibility index (Phi) is 1.81. The Morgan fingerprint density at radius 1 is 1.62 bits per heavy atom. The van der Waals surface area contributed by atoms with Crippen LogP contribution in [0.25, 0.3) is 0 Å². The van der Waals surface area contributed by atoms with E-state index in [1.54, 1.807) is 18.3 Å². The number of aliphatic carboxylic acids is 1. The summed E-state index contributed by atoms with van der Waals surface area (Å²) in [5.74, 6) is -0.585. The molecule has 0 aliphatic heterocycles. The number of carbonyl (C=O) groups is 1. The van der Waals surface area contributed by atoms with E-state index >= 15 is 0 Å². The minimum absolute atomic E-state index is 0.373. The van der Waals surface area contributed by atoms with E-state index < -0.39 is 5.97 Å². The van der Waals surface area contributed by atoms with Crippen molar-refractivity contribution >= 4 is 17.5 Å². The molecule has 0 spiro atoms. The first-order valence-corrected chi connectivity index (χ1v) is 3.98. The molecule has 2 rings (SSSR count). The molecule has 1 aliphatic rings. The Labute approximate surface area is 75.0 Å². The van der Waals surface area contributed by atoms with Crippen LogP contribution in [-0.2, 0) is 4.79 Å². The number of pyridine rings is 1. The van der Waals surface area contributed by atoms with Crippen LogP contribution in [0.4, 0.5) is 5.82 Å². The molecule has 4 heteroatoms. The second kappa shape index (κ2) is 2.97. The van der Waals surface area contributed by atoms with Crippen LogP contribution in [0.1, 0.15) is 6.42 Å². The normalized spacial score (nSPS) is 23.1. The minimum atomic E-state index is -0.797. The van der Waals surface area contributed by atoms with Crippen LogP contribution in [0.3, 0.4) is 0 Å². The van der Waals surface area contributed by atoms with Gasteiger partial charge in [-0.1, -0.05) is 6.07 Å². The summed E-state index contributed by atoms with van der Waals surface area (Å²) in [7, 11) is 0. The van der Waals surface area contributed by atoms with Gasteiger partial charge in [0.25, 0.3) is 0 Å². The molecule has 1 atom stereocenters. The molecule has 0 unspecified atom stereocenters. The summed E-state index contributed by atoms with van der Waals surface area (Å²) in [4.78, 5) is 18.5. The highest BCUT2D eigenvalue weighted by molar-refractivity contribution is 6.15. The third kappa shape index (κ3) is 1.72. The molecule has 13 heavy (non-hydrogen) atoms. The van der Waals surface area contributed by atoms with Gasteiger partial charge in [0.05, 0.1) is 0 Å². The molecule has 0 aromatic carbocycles. The average molecular weight is 176 g/mol. The van der Waals surface area contributed by atoms with E-state index in [-0.39, 0.29) is 5.92 Å². The fourth-order valence-electron chi connectivity index (χ4n) is 1.07. The van der Waals surface area contributed by atoms with Gasteiger partial charge in [-0.3, -0.25) is 4.79 Å². The van der Waals surface area contributed by atoms with Gasteiger partial charge in [0.1, 0.15) is 5.92 Å². The van der Waals surface area contributed by atoms with E-state index in [4.69, 9.17) is 5.11 Å². The lowest BCUT2D eigenvalue weighted by Gasteiger charge is -1.88. The number of carboxylic acids is 1. The zero-order chi connectivity index (χ0) is 9.26. The zero-order valence-electron chi connectivity index (χ0n) is 6.84. The fraction of sp³-hybridized carbons (Fsp3) is 0.222. The monoisotopic (exact) mass is 176 g/mol. The molecule has 1 heterocycles. The summed E-state index contributed by atoms with van der Waals surface area (Å²) in [6.07, 6.45) is 2.20. The lowest BCUT2D eigenvalue weighted by molar-refractivity contribution is -0.137. The molecule has 4 nitrogen and oxygen atoms in total. The van der Waals surface area contributed by atoms with Gasteiger partial charge in [-0.15, -0.1) is 0 Å². The minimum Gasteiger partial charge on any atom is -0.481 e. The SMILES string of the molecule is O=C(O)[C@@H]1CC1=Nc1ccccn1. The Morgan fingerprint density at radius 2 is 2.46 bits per heavy atom. The van der Waals surface area contributed by atoms with Crippen molar-refractivity contribution in [1.29, 1.82) is 0 Å². The standard InChI is InChI=1S/C9H8N2O2/c12-9(13)6-5-7(6)11-8-3-1-2-4-10-8/h1-4,6H,5H2,(H,12,13)/t6-/m1/s1. The second-order valence-electron chi connectivity index (χ2n) is 2.89.